The Hall–Kier alpha value is -3.54. The number of hydrogen-bond acceptors (Lipinski definition) is 5. The number of hydrogen-bond donors (Lipinski definition) is 1. The molecule has 35 heavy (non-hydrogen) atoms. The van der Waals surface area contributed by atoms with Gasteiger partial charge in [-0.3, -0.25) is 14.9 Å². The molecular weight excluding hydrogens is 479 g/mol. The van der Waals surface area contributed by atoms with E-state index in [0.717, 1.165) is 44.4 Å². The molecule has 0 bridgehead atoms. The number of H-pyrrole nitrogens is 1. The second kappa shape index (κ2) is 8.29. The van der Waals surface area contributed by atoms with Crippen LogP contribution in [0, 0.1) is 27.7 Å². The number of rotatable bonds is 4. The van der Waals surface area contributed by atoms with Crippen molar-refractivity contribution >= 4 is 16.6 Å². The number of benzene rings is 2. The van der Waals surface area contributed by atoms with Gasteiger partial charge in [-0.15, -0.1) is 0 Å². The van der Waals surface area contributed by atoms with E-state index in [0.29, 0.717) is 0 Å². The van der Waals surface area contributed by atoms with Gasteiger partial charge in [-0.25, -0.2) is 4.39 Å². The Morgan fingerprint density at radius 1 is 1.17 bits per heavy atom. The van der Waals surface area contributed by atoms with Crippen LogP contribution in [0.5, 0.6) is 5.75 Å². The number of non-ortho nitro benzene ring substituents is 1. The van der Waals surface area contributed by atoms with Crippen molar-refractivity contribution in [3.05, 3.63) is 79.6 Å². The van der Waals surface area contributed by atoms with Crippen LogP contribution in [0.4, 0.5) is 27.6 Å². The summed E-state index contributed by atoms with van der Waals surface area (Å²) in [6.45, 7) is 2.11. The molecule has 2 heterocycles. The first kappa shape index (κ1) is 24.6. The second-order valence-corrected chi connectivity index (χ2v) is 8.52. The van der Waals surface area contributed by atoms with Crippen LogP contribution in [0.15, 0.2) is 41.2 Å². The van der Waals surface area contributed by atoms with Crippen LogP contribution < -0.4 is 10.2 Å². The summed E-state index contributed by atoms with van der Waals surface area (Å²) >= 11 is 0. The number of halogens is 5. The van der Waals surface area contributed by atoms with E-state index in [4.69, 9.17) is 9.47 Å². The topological polar surface area (TPSA) is 94.5 Å². The molecule has 0 amide bonds. The smallest absolute Gasteiger partial charge is 0.417 e. The number of pyridine rings is 1. The molecule has 1 N–H and O–H groups in total. The average molecular weight is 498 g/mol. The van der Waals surface area contributed by atoms with Gasteiger partial charge in [0, 0.05) is 41.3 Å². The lowest BCUT2D eigenvalue weighted by Gasteiger charge is -2.32. The summed E-state index contributed by atoms with van der Waals surface area (Å²) in [4.78, 5) is 26.0. The minimum Gasteiger partial charge on any atom is -0.493 e. The normalized spacial score (nSPS) is 24.6. The maximum Gasteiger partial charge on any atom is 0.417 e. The summed E-state index contributed by atoms with van der Waals surface area (Å²) in [7, 11) is 1.06. The van der Waals surface area contributed by atoms with Crippen LogP contribution in [-0.4, -0.2) is 28.8 Å². The van der Waals surface area contributed by atoms with Crippen LogP contribution in [-0.2, 0) is 4.74 Å². The second-order valence-electron chi connectivity index (χ2n) is 8.52. The van der Waals surface area contributed by atoms with Crippen molar-refractivity contribution in [2.24, 2.45) is 5.92 Å². The average Bonchev–Trinajstić information content (AvgIpc) is 3.07. The maximum atomic E-state index is 14.5. The van der Waals surface area contributed by atoms with Gasteiger partial charge in [0.25, 0.3) is 5.69 Å². The fraction of sp³-hybridized carbons (Fsp3) is 0.348. The van der Waals surface area contributed by atoms with Crippen molar-refractivity contribution in [1.82, 2.24) is 4.98 Å². The predicted octanol–water partition coefficient (Wildman–Crippen LogP) is 5.54. The van der Waals surface area contributed by atoms with Crippen LogP contribution in [0.25, 0.3) is 10.9 Å². The number of ether oxygens (including phenoxy) is 2. The number of fused-ring (bicyclic) bond motifs is 1. The molecular formula is C23H19F5N2O5. The molecule has 1 saturated heterocycles. The summed E-state index contributed by atoms with van der Waals surface area (Å²) in [5.41, 5.74) is -3.74. The third-order valence-corrected chi connectivity index (χ3v) is 6.66. The number of nitro groups is 1. The molecule has 0 saturated carbocycles. The van der Waals surface area contributed by atoms with Gasteiger partial charge in [0.05, 0.1) is 22.9 Å². The number of nitrogens with zero attached hydrogens (tertiary/aromatic N) is 1. The standard InChI is InChI=1S/C23H19F5N2O5/c1-10-18(12-5-6-14(24)19(25)20(12)34-3)21(35-22(10,2)23(26,27)28)16-9-17(31)13-8-11(30(32)33)4-7-15(13)29-16/h4-10,18,21H,1-3H3,(H,29,31)/t10-,18-,21-,22+/m0/s1. The number of nitrogens with one attached hydrogen (secondary N) is 1. The van der Waals surface area contributed by atoms with Crippen molar-refractivity contribution in [1.29, 1.82) is 0 Å². The first-order valence-corrected chi connectivity index (χ1v) is 10.4. The lowest BCUT2D eigenvalue weighted by molar-refractivity contribution is -0.384. The fourth-order valence-electron chi connectivity index (χ4n) is 4.60. The molecule has 0 unspecified atom stereocenters. The molecule has 4 atom stereocenters. The van der Waals surface area contributed by atoms with E-state index in [9.17, 15) is 36.9 Å². The van der Waals surface area contributed by atoms with Gasteiger partial charge < -0.3 is 14.5 Å². The van der Waals surface area contributed by atoms with E-state index in [-0.39, 0.29) is 27.8 Å². The molecule has 1 fully saturated rings. The van der Waals surface area contributed by atoms with E-state index in [1.54, 1.807) is 0 Å². The molecule has 1 aliphatic heterocycles. The highest BCUT2D eigenvalue weighted by atomic mass is 19.4. The Bertz CT molecular complexity index is 1390. The minimum absolute atomic E-state index is 0.0467. The summed E-state index contributed by atoms with van der Waals surface area (Å²) in [5, 5.41) is 11.0. The van der Waals surface area contributed by atoms with E-state index in [1.807, 2.05) is 0 Å². The fourth-order valence-corrected chi connectivity index (χ4v) is 4.60. The quantitative estimate of drug-likeness (QED) is 0.290. The van der Waals surface area contributed by atoms with E-state index in [2.05, 4.69) is 4.98 Å². The zero-order chi connectivity index (χ0) is 25.9. The molecule has 1 aliphatic rings. The first-order chi connectivity index (χ1) is 16.3. The first-order valence-electron chi connectivity index (χ1n) is 10.4. The lowest BCUT2D eigenvalue weighted by Crippen LogP contribution is -2.46. The van der Waals surface area contributed by atoms with Crippen LogP contribution in [0.2, 0.25) is 0 Å². The molecule has 0 spiro atoms. The maximum absolute atomic E-state index is 14.5. The Balaban J connectivity index is 1.94. The number of methoxy groups -OCH3 is 1. The van der Waals surface area contributed by atoms with E-state index >= 15 is 0 Å². The largest absolute Gasteiger partial charge is 0.493 e. The van der Waals surface area contributed by atoms with Crippen molar-refractivity contribution in [2.75, 3.05) is 7.11 Å². The van der Waals surface area contributed by atoms with Crippen molar-refractivity contribution in [3.63, 3.8) is 0 Å². The third-order valence-electron chi connectivity index (χ3n) is 6.66. The summed E-state index contributed by atoms with van der Waals surface area (Å²) in [6.07, 6.45) is -6.29. The molecule has 7 nitrogen and oxygen atoms in total. The molecule has 1 aromatic heterocycles. The Morgan fingerprint density at radius 3 is 2.46 bits per heavy atom. The highest BCUT2D eigenvalue weighted by Crippen LogP contribution is 2.59. The number of aromatic nitrogens is 1. The number of alkyl halides is 3. The summed E-state index contributed by atoms with van der Waals surface area (Å²) in [6, 6.07) is 6.33. The Labute approximate surface area is 194 Å². The molecule has 4 rings (SSSR count). The number of nitro benzene ring substituents is 1. The highest BCUT2D eigenvalue weighted by Gasteiger charge is 2.65. The van der Waals surface area contributed by atoms with Crippen molar-refractivity contribution < 1.29 is 36.3 Å². The number of aromatic amines is 1. The molecule has 12 heteroatoms. The molecule has 0 aliphatic carbocycles. The Kier molecular flexibility index (Phi) is 5.82. The van der Waals surface area contributed by atoms with E-state index < -0.39 is 57.5 Å². The Morgan fingerprint density at radius 2 is 1.86 bits per heavy atom. The van der Waals surface area contributed by atoms with Gasteiger partial charge in [0.15, 0.2) is 22.6 Å². The SMILES string of the molecule is COc1c([C@H]2[C@H](c3cc(=O)c4cc([N+](=O)[O-])ccc4[nH]3)O[C@@](C)(C(F)(F)F)[C@H]2C)ccc(F)c1F. The van der Waals surface area contributed by atoms with Crippen molar-refractivity contribution in [3.8, 4) is 5.75 Å². The summed E-state index contributed by atoms with van der Waals surface area (Å²) < 4.78 is 81.3. The van der Waals surface area contributed by atoms with Gasteiger partial charge in [0.1, 0.15) is 6.10 Å². The van der Waals surface area contributed by atoms with E-state index in [1.165, 1.54) is 13.0 Å². The zero-order valence-corrected chi connectivity index (χ0v) is 18.6. The van der Waals surface area contributed by atoms with Gasteiger partial charge in [-0.05, 0) is 19.1 Å². The summed E-state index contributed by atoms with van der Waals surface area (Å²) in [5.74, 6) is -5.70. The van der Waals surface area contributed by atoms with Crippen molar-refractivity contribution in [2.45, 2.75) is 37.6 Å². The van der Waals surface area contributed by atoms with Crippen LogP contribution in [0.3, 0.4) is 0 Å². The van der Waals surface area contributed by atoms with Gasteiger partial charge >= 0.3 is 6.18 Å². The van der Waals surface area contributed by atoms with Crippen LogP contribution in [0.1, 0.15) is 37.1 Å². The molecule has 186 valence electrons. The molecule has 2 aromatic carbocycles. The third kappa shape index (κ3) is 3.81. The lowest BCUT2D eigenvalue weighted by atomic mass is 9.76. The van der Waals surface area contributed by atoms with Gasteiger partial charge in [-0.1, -0.05) is 13.0 Å². The van der Waals surface area contributed by atoms with Gasteiger partial charge in [-0.2, -0.15) is 17.6 Å². The molecule has 0 radical (unpaired) electrons. The minimum atomic E-state index is -4.84. The highest BCUT2D eigenvalue weighted by molar-refractivity contribution is 5.81. The van der Waals surface area contributed by atoms with Crippen LogP contribution >= 0.6 is 0 Å². The van der Waals surface area contributed by atoms with Gasteiger partial charge in [0.2, 0.25) is 5.82 Å². The monoisotopic (exact) mass is 498 g/mol. The predicted molar refractivity (Wildman–Crippen MR) is 114 cm³/mol. The molecule has 3 aromatic rings. The zero-order valence-electron chi connectivity index (χ0n) is 18.6.